The van der Waals surface area contributed by atoms with Crippen LogP contribution in [0, 0.1) is 6.92 Å². The predicted octanol–water partition coefficient (Wildman–Crippen LogP) is 1.62. The van der Waals surface area contributed by atoms with Gasteiger partial charge in [-0.1, -0.05) is 5.16 Å². The zero-order valence-electron chi connectivity index (χ0n) is 11.9. The molecule has 21 heavy (non-hydrogen) atoms. The smallest absolute Gasteiger partial charge is 0.282 e. The van der Waals surface area contributed by atoms with E-state index in [-0.39, 0.29) is 5.56 Å². The standard InChI is InChI=1S/C13H16BrN5O2/c1-8-16-12(17-21-8)9-3-5-19(6-4-9)10-7-15-18(2)13(20)11(10)14/h7,9H,3-6H2,1-2H3. The minimum atomic E-state index is -0.122. The van der Waals surface area contributed by atoms with E-state index >= 15 is 0 Å². The summed E-state index contributed by atoms with van der Waals surface area (Å²) in [5.41, 5.74) is 0.726. The summed E-state index contributed by atoms with van der Waals surface area (Å²) < 4.78 is 6.93. The van der Waals surface area contributed by atoms with Gasteiger partial charge in [0.15, 0.2) is 5.82 Å². The summed E-state index contributed by atoms with van der Waals surface area (Å²) in [7, 11) is 1.64. The molecule has 0 unspecified atom stereocenters. The topological polar surface area (TPSA) is 77.1 Å². The largest absolute Gasteiger partial charge is 0.369 e. The van der Waals surface area contributed by atoms with E-state index in [0.29, 0.717) is 16.3 Å². The second-order valence-corrected chi connectivity index (χ2v) is 6.00. The maximum atomic E-state index is 11.9. The number of piperidine rings is 1. The van der Waals surface area contributed by atoms with Crippen molar-refractivity contribution in [2.45, 2.75) is 25.7 Å². The minimum Gasteiger partial charge on any atom is -0.369 e. The van der Waals surface area contributed by atoms with E-state index < -0.39 is 0 Å². The van der Waals surface area contributed by atoms with Gasteiger partial charge in [0.1, 0.15) is 4.47 Å². The van der Waals surface area contributed by atoms with Crippen molar-refractivity contribution >= 4 is 21.6 Å². The van der Waals surface area contributed by atoms with Gasteiger partial charge in [0.2, 0.25) is 5.89 Å². The highest BCUT2D eigenvalue weighted by molar-refractivity contribution is 9.10. The number of hydrogen-bond donors (Lipinski definition) is 0. The van der Waals surface area contributed by atoms with Gasteiger partial charge in [-0.3, -0.25) is 4.79 Å². The summed E-state index contributed by atoms with van der Waals surface area (Å²) in [6.45, 7) is 3.48. The van der Waals surface area contributed by atoms with Crippen LogP contribution in [0.25, 0.3) is 0 Å². The van der Waals surface area contributed by atoms with Crippen molar-refractivity contribution in [3.8, 4) is 0 Å². The van der Waals surface area contributed by atoms with Crippen molar-refractivity contribution in [1.82, 2.24) is 19.9 Å². The molecule has 3 heterocycles. The Bertz CT molecular complexity index is 703. The average molecular weight is 354 g/mol. The van der Waals surface area contributed by atoms with Crippen molar-refractivity contribution in [3.05, 3.63) is 32.7 Å². The van der Waals surface area contributed by atoms with Crippen molar-refractivity contribution in [2.24, 2.45) is 7.05 Å². The van der Waals surface area contributed by atoms with Gasteiger partial charge in [-0.05, 0) is 28.8 Å². The fraction of sp³-hybridized carbons (Fsp3) is 0.538. The van der Waals surface area contributed by atoms with Crippen molar-refractivity contribution in [1.29, 1.82) is 0 Å². The molecule has 1 aliphatic heterocycles. The molecule has 2 aromatic rings. The van der Waals surface area contributed by atoms with E-state index in [9.17, 15) is 4.79 Å². The highest BCUT2D eigenvalue weighted by Crippen LogP contribution is 2.30. The molecule has 0 aromatic carbocycles. The molecule has 0 atom stereocenters. The van der Waals surface area contributed by atoms with Crippen LogP contribution in [0.5, 0.6) is 0 Å². The summed E-state index contributed by atoms with van der Waals surface area (Å²) in [6.07, 6.45) is 3.59. The second kappa shape index (κ2) is 5.59. The lowest BCUT2D eigenvalue weighted by Crippen LogP contribution is -2.35. The Morgan fingerprint density at radius 2 is 2.10 bits per heavy atom. The fourth-order valence-corrected chi connectivity index (χ4v) is 3.19. The van der Waals surface area contributed by atoms with Crippen LogP contribution >= 0.6 is 15.9 Å². The summed E-state index contributed by atoms with van der Waals surface area (Å²) in [6, 6.07) is 0. The minimum absolute atomic E-state index is 0.122. The van der Waals surface area contributed by atoms with Crippen LogP contribution < -0.4 is 10.5 Å². The van der Waals surface area contributed by atoms with Crippen molar-refractivity contribution in [3.63, 3.8) is 0 Å². The molecule has 0 radical (unpaired) electrons. The first-order valence-corrected chi connectivity index (χ1v) is 7.62. The molecule has 0 aliphatic carbocycles. The summed E-state index contributed by atoms with van der Waals surface area (Å²) in [5.74, 6) is 1.70. The molecule has 1 saturated heterocycles. The first-order valence-electron chi connectivity index (χ1n) is 6.83. The van der Waals surface area contributed by atoms with E-state index in [1.165, 1.54) is 4.68 Å². The molecule has 112 valence electrons. The molecule has 2 aromatic heterocycles. The third kappa shape index (κ3) is 2.72. The highest BCUT2D eigenvalue weighted by Gasteiger charge is 2.26. The molecule has 1 aliphatic rings. The lowest BCUT2D eigenvalue weighted by molar-refractivity contribution is 0.375. The predicted molar refractivity (Wildman–Crippen MR) is 80.4 cm³/mol. The van der Waals surface area contributed by atoms with E-state index in [0.717, 1.165) is 37.4 Å². The number of rotatable bonds is 2. The van der Waals surface area contributed by atoms with Gasteiger partial charge in [0.05, 0.1) is 11.9 Å². The second-order valence-electron chi connectivity index (χ2n) is 5.21. The summed E-state index contributed by atoms with van der Waals surface area (Å²) >= 11 is 3.38. The average Bonchev–Trinajstić information content (AvgIpc) is 2.92. The third-order valence-electron chi connectivity index (χ3n) is 3.80. The molecular weight excluding hydrogens is 338 g/mol. The zero-order chi connectivity index (χ0) is 15.0. The van der Waals surface area contributed by atoms with Crippen molar-refractivity contribution in [2.75, 3.05) is 18.0 Å². The van der Waals surface area contributed by atoms with Crippen molar-refractivity contribution < 1.29 is 4.52 Å². The number of halogens is 1. The number of aryl methyl sites for hydroxylation is 2. The number of nitrogens with zero attached hydrogens (tertiary/aromatic N) is 5. The van der Waals surface area contributed by atoms with Crippen LogP contribution in [-0.2, 0) is 7.05 Å². The molecule has 0 amide bonds. The van der Waals surface area contributed by atoms with Crippen LogP contribution in [0.3, 0.4) is 0 Å². The molecule has 7 nitrogen and oxygen atoms in total. The first-order chi connectivity index (χ1) is 10.1. The molecule has 0 bridgehead atoms. The van der Waals surface area contributed by atoms with Gasteiger partial charge in [-0.25, -0.2) is 4.68 Å². The Labute approximate surface area is 130 Å². The molecule has 3 rings (SSSR count). The molecule has 0 N–H and O–H groups in total. The van der Waals surface area contributed by atoms with E-state index in [1.807, 2.05) is 0 Å². The van der Waals surface area contributed by atoms with E-state index in [4.69, 9.17) is 4.52 Å². The first kappa shape index (κ1) is 14.2. The normalized spacial score (nSPS) is 16.4. The lowest BCUT2D eigenvalue weighted by atomic mass is 9.96. The van der Waals surface area contributed by atoms with Crippen LogP contribution in [0.4, 0.5) is 5.69 Å². The van der Waals surface area contributed by atoms with E-state index in [1.54, 1.807) is 20.2 Å². The third-order valence-corrected chi connectivity index (χ3v) is 4.55. The van der Waals surface area contributed by atoms with Gasteiger partial charge >= 0.3 is 0 Å². The highest BCUT2D eigenvalue weighted by atomic mass is 79.9. The van der Waals surface area contributed by atoms with Gasteiger partial charge in [-0.15, -0.1) is 0 Å². The summed E-state index contributed by atoms with van der Waals surface area (Å²) in [4.78, 5) is 18.4. The monoisotopic (exact) mass is 353 g/mol. The Kier molecular flexibility index (Phi) is 3.79. The van der Waals surface area contributed by atoms with Gasteiger partial charge in [0.25, 0.3) is 5.56 Å². The Morgan fingerprint density at radius 1 is 1.38 bits per heavy atom. The summed E-state index contributed by atoms with van der Waals surface area (Å²) in [5, 5.41) is 8.09. The van der Waals surface area contributed by atoms with Crippen LogP contribution in [0.15, 0.2) is 20.0 Å². The van der Waals surface area contributed by atoms with Crippen LogP contribution in [0.2, 0.25) is 0 Å². The Hall–Kier alpha value is -1.70. The maximum absolute atomic E-state index is 11.9. The van der Waals surface area contributed by atoms with E-state index in [2.05, 4.69) is 36.1 Å². The Balaban J connectivity index is 1.74. The SMILES string of the molecule is Cc1nc(C2CCN(c3cnn(C)c(=O)c3Br)CC2)no1. The molecule has 8 heteroatoms. The van der Waals surface area contributed by atoms with Gasteiger partial charge in [0, 0.05) is 33.0 Å². The lowest BCUT2D eigenvalue weighted by Gasteiger charge is -2.32. The number of anilines is 1. The number of hydrogen-bond acceptors (Lipinski definition) is 6. The van der Waals surface area contributed by atoms with Crippen LogP contribution in [0.1, 0.15) is 30.5 Å². The zero-order valence-corrected chi connectivity index (χ0v) is 13.5. The quantitative estimate of drug-likeness (QED) is 0.816. The molecule has 0 saturated carbocycles. The Morgan fingerprint density at radius 3 is 2.71 bits per heavy atom. The molecule has 1 fully saturated rings. The van der Waals surface area contributed by atoms with Crippen LogP contribution in [-0.4, -0.2) is 33.0 Å². The molecular formula is C13H16BrN5O2. The van der Waals surface area contributed by atoms with Gasteiger partial charge in [-0.2, -0.15) is 10.1 Å². The maximum Gasteiger partial charge on any atom is 0.282 e. The number of aromatic nitrogens is 4. The molecule has 0 spiro atoms. The fourth-order valence-electron chi connectivity index (χ4n) is 2.58. The van der Waals surface area contributed by atoms with Gasteiger partial charge < -0.3 is 9.42 Å².